The van der Waals surface area contributed by atoms with Crippen LogP contribution in [0.2, 0.25) is 0 Å². The summed E-state index contributed by atoms with van der Waals surface area (Å²) in [6.45, 7) is 9.21. The maximum absolute atomic E-state index is 13.4. The number of pyridine rings is 1. The highest BCUT2D eigenvalue weighted by Crippen LogP contribution is 2.45. The Morgan fingerprint density at radius 1 is 0.962 bits per heavy atom. The number of nitrogens with zero attached hydrogens (tertiary/aromatic N) is 4. The predicted octanol–water partition coefficient (Wildman–Crippen LogP) is 5.27. The number of likely N-dealkylation sites (tertiary alicyclic amines) is 1. The summed E-state index contributed by atoms with van der Waals surface area (Å²) in [5.41, 5.74) is 5.84. The Bertz CT molecular complexity index is 2150. The van der Waals surface area contributed by atoms with Crippen LogP contribution in [0.3, 0.4) is 0 Å². The quantitative estimate of drug-likeness (QED) is 0.245. The molecule has 0 aliphatic carbocycles. The first-order valence-corrected chi connectivity index (χ1v) is 18.9. The molecule has 3 fully saturated rings. The van der Waals surface area contributed by atoms with E-state index >= 15 is 0 Å². The van der Waals surface area contributed by atoms with Gasteiger partial charge in [0, 0.05) is 77.7 Å². The molecule has 0 radical (unpaired) electrons. The van der Waals surface area contributed by atoms with Crippen LogP contribution in [0, 0.1) is 5.41 Å². The summed E-state index contributed by atoms with van der Waals surface area (Å²) in [4.78, 5) is 58.1. The van der Waals surface area contributed by atoms with Crippen LogP contribution in [0.15, 0.2) is 47.4 Å². The van der Waals surface area contributed by atoms with Crippen LogP contribution in [-0.4, -0.2) is 78.5 Å². The summed E-state index contributed by atoms with van der Waals surface area (Å²) >= 11 is 1.68. The molecule has 2 aromatic heterocycles. The molecule has 2 aromatic carbocycles. The van der Waals surface area contributed by atoms with Gasteiger partial charge >= 0.3 is 0 Å². The number of hydrogen-bond acceptors (Lipinski definition) is 9. The molecule has 4 aromatic rings. The van der Waals surface area contributed by atoms with Crippen molar-refractivity contribution in [2.75, 3.05) is 45.3 Å². The second-order valence-corrected chi connectivity index (χ2v) is 16.3. The van der Waals surface area contributed by atoms with Crippen LogP contribution in [0.4, 0.5) is 5.69 Å². The van der Waals surface area contributed by atoms with Crippen molar-refractivity contribution in [3.63, 3.8) is 0 Å². The first-order chi connectivity index (χ1) is 25.0. The fourth-order valence-electron chi connectivity index (χ4n) is 8.47. The molecule has 4 aliphatic rings. The summed E-state index contributed by atoms with van der Waals surface area (Å²) in [5, 5.41) is 3.12. The maximum atomic E-state index is 13.4. The lowest BCUT2D eigenvalue weighted by molar-refractivity contribution is -0.136. The van der Waals surface area contributed by atoms with Crippen molar-refractivity contribution in [3.05, 3.63) is 74.5 Å². The molecule has 0 bridgehead atoms. The van der Waals surface area contributed by atoms with E-state index in [4.69, 9.17) is 9.47 Å². The molecule has 52 heavy (non-hydrogen) atoms. The highest BCUT2D eigenvalue weighted by atomic mass is 32.1. The number of nitrogens with one attached hydrogen (secondary N) is 1. The molecule has 1 N–H and O–H groups in total. The molecule has 3 amide bonds. The number of piperidine rings is 2. The van der Waals surface area contributed by atoms with Gasteiger partial charge in [0.1, 0.15) is 17.5 Å². The van der Waals surface area contributed by atoms with Gasteiger partial charge in [-0.1, -0.05) is 19.9 Å². The van der Waals surface area contributed by atoms with Crippen molar-refractivity contribution in [2.24, 2.45) is 12.5 Å². The summed E-state index contributed by atoms with van der Waals surface area (Å²) in [6.07, 6.45) is 4.68. The molecule has 272 valence electrons. The van der Waals surface area contributed by atoms with Crippen molar-refractivity contribution in [1.29, 1.82) is 0 Å². The number of ether oxygens (including phenoxy) is 2. The van der Waals surface area contributed by atoms with Gasteiger partial charge in [0.05, 0.1) is 25.2 Å². The number of aromatic nitrogens is 1. The Balaban J connectivity index is 0.937. The number of rotatable bonds is 8. The number of thiophene rings is 1. The average molecular weight is 724 g/mol. The fourth-order valence-corrected chi connectivity index (χ4v) is 9.65. The number of carbonyl (C=O) groups is 3. The van der Waals surface area contributed by atoms with E-state index in [0.29, 0.717) is 31.0 Å². The molecule has 1 spiro atoms. The third-order valence-electron chi connectivity index (χ3n) is 11.6. The van der Waals surface area contributed by atoms with Gasteiger partial charge in [-0.2, -0.15) is 0 Å². The van der Waals surface area contributed by atoms with Gasteiger partial charge in [-0.25, -0.2) is 0 Å². The van der Waals surface area contributed by atoms with Crippen molar-refractivity contribution in [1.82, 2.24) is 19.7 Å². The standard InChI is InChI=1S/C40H45N5O6S/c1-23(2)34-17-28-36(52-34)29(19-42(3)38(28)48)25-14-32(50-4)30(33(15-25)51-5)20-43-12-10-40(11-13-43)21-44(22-40)26-7-6-24-18-45(39(49)27(24)16-26)31-8-9-35(46)41-37(31)47/h6-7,14-17,19,23,31H,8-13,18,20-22H2,1-5H3,(H,41,46,47). The van der Waals surface area contributed by atoms with Gasteiger partial charge < -0.3 is 23.8 Å². The van der Waals surface area contributed by atoms with Crippen molar-refractivity contribution < 1.29 is 23.9 Å². The molecular formula is C40H45N5O6S. The number of amides is 3. The average Bonchev–Trinajstić information content (AvgIpc) is 3.71. The van der Waals surface area contributed by atoms with E-state index in [2.05, 4.69) is 47.2 Å². The lowest BCUT2D eigenvalue weighted by atomic mass is 9.71. The lowest BCUT2D eigenvalue weighted by Crippen LogP contribution is -2.60. The third-order valence-corrected chi connectivity index (χ3v) is 13.1. The van der Waals surface area contributed by atoms with E-state index in [9.17, 15) is 19.2 Å². The van der Waals surface area contributed by atoms with E-state index in [0.717, 1.165) is 88.5 Å². The Hall–Kier alpha value is -4.68. The molecule has 6 heterocycles. The van der Waals surface area contributed by atoms with Crippen molar-refractivity contribution in [2.45, 2.75) is 64.6 Å². The van der Waals surface area contributed by atoms with Crippen LogP contribution >= 0.6 is 11.3 Å². The highest BCUT2D eigenvalue weighted by Gasteiger charge is 2.46. The summed E-state index contributed by atoms with van der Waals surface area (Å²) in [7, 11) is 5.21. The molecular weight excluding hydrogens is 679 g/mol. The molecule has 1 atom stereocenters. The molecule has 12 heteroatoms. The minimum Gasteiger partial charge on any atom is -0.496 e. The highest BCUT2D eigenvalue weighted by molar-refractivity contribution is 7.19. The number of carbonyl (C=O) groups excluding carboxylic acids is 3. The zero-order valence-corrected chi connectivity index (χ0v) is 31.2. The number of fused-ring (bicyclic) bond motifs is 2. The van der Waals surface area contributed by atoms with Crippen LogP contribution < -0.4 is 25.2 Å². The van der Waals surface area contributed by atoms with Gasteiger partial charge in [0.2, 0.25) is 11.8 Å². The smallest absolute Gasteiger partial charge is 0.259 e. The number of imide groups is 1. The largest absolute Gasteiger partial charge is 0.496 e. The SMILES string of the molecule is COc1cc(-c2cn(C)c(=O)c3cc(C(C)C)sc23)cc(OC)c1CN1CCC2(CC1)CN(c1ccc3c(c1)C(=O)N(C1CCC(=O)NC1=O)C3)C2. The minimum absolute atomic E-state index is 0.00986. The molecule has 0 saturated carbocycles. The van der Waals surface area contributed by atoms with Crippen LogP contribution in [0.25, 0.3) is 21.2 Å². The van der Waals surface area contributed by atoms with E-state index < -0.39 is 6.04 Å². The maximum Gasteiger partial charge on any atom is 0.259 e. The Morgan fingerprint density at radius 2 is 1.67 bits per heavy atom. The topological polar surface area (TPSA) is 113 Å². The zero-order valence-electron chi connectivity index (χ0n) is 30.4. The number of anilines is 1. The van der Waals surface area contributed by atoms with Gasteiger partial charge in [0.15, 0.2) is 0 Å². The number of benzene rings is 2. The second-order valence-electron chi connectivity index (χ2n) is 15.2. The van der Waals surface area contributed by atoms with Crippen LogP contribution in [0.5, 0.6) is 11.5 Å². The minimum atomic E-state index is -0.604. The molecule has 11 nitrogen and oxygen atoms in total. The van der Waals surface area contributed by atoms with Crippen LogP contribution in [-0.2, 0) is 29.7 Å². The van der Waals surface area contributed by atoms with Gasteiger partial charge in [0.25, 0.3) is 11.5 Å². The van der Waals surface area contributed by atoms with E-state index in [1.807, 2.05) is 24.4 Å². The van der Waals surface area contributed by atoms with Gasteiger partial charge in [-0.15, -0.1) is 11.3 Å². The zero-order chi connectivity index (χ0) is 36.5. The van der Waals surface area contributed by atoms with Gasteiger partial charge in [-0.05, 0) is 79.7 Å². The van der Waals surface area contributed by atoms with E-state index in [1.165, 1.54) is 4.88 Å². The molecule has 8 rings (SSSR count). The van der Waals surface area contributed by atoms with E-state index in [-0.39, 0.29) is 35.1 Å². The number of hydrogen-bond donors (Lipinski definition) is 1. The summed E-state index contributed by atoms with van der Waals surface area (Å²) < 4.78 is 14.6. The Kier molecular flexibility index (Phi) is 8.65. The molecule has 1 unspecified atom stereocenters. The first kappa shape index (κ1) is 34.4. The fraction of sp³-hybridized carbons (Fsp3) is 0.450. The van der Waals surface area contributed by atoms with Crippen molar-refractivity contribution in [3.8, 4) is 22.6 Å². The number of aryl methyl sites for hydroxylation is 1. The Morgan fingerprint density at radius 3 is 2.33 bits per heavy atom. The predicted molar refractivity (Wildman–Crippen MR) is 201 cm³/mol. The van der Waals surface area contributed by atoms with Gasteiger partial charge in [-0.3, -0.25) is 29.4 Å². The van der Waals surface area contributed by atoms with E-state index in [1.54, 1.807) is 42.1 Å². The molecule has 4 aliphatic heterocycles. The molecule has 3 saturated heterocycles. The third kappa shape index (κ3) is 5.85. The number of methoxy groups -OCH3 is 2. The first-order valence-electron chi connectivity index (χ1n) is 18.1. The Labute approximate surface area is 307 Å². The lowest BCUT2D eigenvalue weighted by Gasteiger charge is -2.55. The summed E-state index contributed by atoms with van der Waals surface area (Å²) in [5.74, 6) is 1.08. The summed E-state index contributed by atoms with van der Waals surface area (Å²) in [6, 6.07) is 11.7. The monoisotopic (exact) mass is 723 g/mol. The normalized spacial score (nSPS) is 20.1. The van der Waals surface area contributed by atoms with Crippen LogP contribution in [0.1, 0.15) is 71.8 Å². The second kappa shape index (κ2) is 13.1. The van der Waals surface area contributed by atoms with Crippen molar-refractivity contribution >= 4 is 44.8 Å².